The highest BCUT2D eigenvalue weighted by atomic mass is 79.9. The van der Waals surface area contributed by atoms with E-state index in [9.17, 15) is 0 Å². The van der Waals surface area contributed by atoms with Gasteiger partial charge in [0, 0.05) is 30.7 Å². The van der Waals surface area contributed by atoms with Gasteiger partial charge in [-0.05, 0) is 30.0 Å². The molecule has 1 N–H and O–H groups in total. The fourth-order valence-electron chi connectivity index (χ4n) is 2.91. The van der Waals surface area contributed by atoms with Crippen LogP contribution in [0, 0.1) is 23.2 Å². The van der Waals surface area contributed by atoms with E-state index in [1.165, 1.54) is 0 Å². The zero-order valence-corrected chi connectivity index (χ0v) is 11.1. The second-order valence-electron chi connectivity index (χ2n) is 4.86. The molecule has 0 bridgehead atoms. The Morgan fingerprint density at radius 2 is 2.00 bits per heavy atom. The molecule has 88 valence electrons. The molecule has 0 saturated carbocycles. The standard InChI is InChI=1S/C13H14BrN3/c14-12-2-1-9(4-15)13(3-12)17-7-10-5-16-6-11(10)8-17/h1-3,10-11,16H,5-8H2/t10-,11+. The third-order valence-electron chi connectivity index (χ3n) is 3.81. The maximum absolute atomic E-state index is 9.17. The molecule has 4 heteroatoms. The smallest absolute Gasteiger partial charge is 0.101 e. The molecule has 0 aliphatic carbocycles. The molecule has 0 spiro atoms. The van der Waals surface area contributed by atoms with E-state index in [1.807, 2.05) is 12.1 Å². The minimum Gasteiger partial charge on any atom is -0.370 e. The van der Waals surface area contributed by atoms with E-state index in [-0.39, 0.29) is 0 Å². The van der Waals surface area contributed by atoms with Gasteiger partial charge < -0.3 is 10.2 Å². The van der Waals surface area contributed by atoms with E-state index in [4.69, 9.17) is 5.26 Å². The molecule has 0 aromatic heterocycles. The van der Waals surface area contributed by atoms with Crippen molar-refractivity contribution in [3.8, 4) is 6.07 Å². The number of nitrogens with one attached hydrogen (secondary N) is 1. The Morgan fingerprint density at radius 1 is 1.29 bits per heavy atom. The summed E-state index contributed by atoms with van der Waals surface area (Å²) in [7, 11) is 0. The van der Waals surface area contributed by atoms with Gasteiger partial charge in [-0.15, -0.1) is 0 Å². The molecule has 2 fully saturated rings. The predicted octanol–water partition coefficient (Wildman–Crippen LogP) is 1.98. The summed E-state index contributed by atoms with van der Waals surface area (Å²) in [6.07, 6.45) is 0. The first-order chi connectivity index (χ1) is 8.28. The zero-order valence-electron chi connectivity index (χ0n) is 9.49. The highest BCUT2D eigenvalue weighted by Gasteiger charge is 2.36. The summed E-state index contributed by atoms with van der Waals surface area (Å²) < 4.78 is 1.04. The zero-order chi connectivity index (χ0) is 11.8. The molecule has 2 aliphatic rings. The van der Waals surface area contributed by atoms with Crippen LogP contribution in [-0.2, 0) is 0 Å². The Morgan fingerprint density at radius 3 is 2.65 bits per heavy atom. The van der Waals surface area contributed by atoms with Crippen molar-refractivity contribution in [2.45, 2.75) is 0 Å². The summed E-state index contributed by atoms with van der Waals surface area (Å²) >= 11 is 3.49. The first kappa shape index (κ1) is 11.1. The molecule has 0 amide bonds. The number of hydrogen-bond acceptors (Lipinski definition) is 3. The summed E-state index contributed by atoms with van der Waals surface area (Å²) in [4.78, 5) is 2.36. The molecular formula is C13H14BrN3. The van der Waals surface area contributed by atoms with Crippen molar-refractivity contribution >= 4 is 21.6 Å². The van der Waals surface area contributed by atoms with Gasteiger partial charge in [0.25, 0.3) is 0 Å². The Balaban J connectivity index is 1.90. The van der Waals surface area contributed by atoms with E-state index < -0.39 is 0 Å². The van der Waals surface area contributed by atoms with Crippen LogP contribution < -0.4 is 10.2 Å². The van der Waals surface area contributed by atoms with E-state index in [0.29, 0.717) is 0 Å². The van der Waals surface area contributed by atoms with Crippen LogP contribution in [-0.4, -0.2) is 26.2 Å². The minimum atomic E-state index is 0.750. The molecule has 3 rings (SSSR count). The number of halogens is 1. The number of hydrogen-bond donors (Lipinski definition) is 1. The van der Waals surface area contributed by atoms with Crippen LogP contribution in [0.4, 0.5) is 5.69 Å². The lowest BCUT2D eigenvalue weighted by Gasteiger charge is -2.21. The molecule has 2 aliphatic heterocycles. The molecule has 0 radical (unpaired) electrons. The largest absolute Gasteiger partial charge is 0.370 e. The fraction of sp³-hybridized carbons (Fsp3) is 0.462. The average Bonchev–Trinajstić information content (AvgIpc) is 2.88. The SMILES string of the molecule is N#Cc1ccc(Br)cc1N1C[C@H]2CNC[C@H]2C1. The molecular weight excluding hydrogens is 278 g/mol. The Labute approximate surface area is 110 Å². The Hall–Kier alpha value is -1.05. The fourth-order valence-corrected chi connectivity index (χ4v) is 3.26. The molecule has 1 aromatic rings. The van der Waals surface area contributed by atoms with Crippen molar-refractivity contribution in [2.75, 3.05) is 31.1 Å². The quantitative estimate of drug-likeness (QED) is 0.860. The molecule has 2 saturated heterocycles. The lowest BCUT2D eigenvalue weighted by atomic mass is 10.0. The van der Waals surface area contributed by atoms with Gasteiger partial charge in [-0.3, -0.25) is 0 Å². The van der Waals surface area contributed by atoms with Crippen LogP contribution in [0.15, 0.2) is 22.7 Å². The number of nitrogens with zero attached hydrogens (tertiary/aromatic N) is 2. The van der Waals surface area contributed by atoms with Gasteiger partial charge in [0.2, 0.25) is 0 Å². The highest BCUT2D eigenvalue weighted by molar-refractivity contribution is 9.10. The van der Waals surface area contributed by atoms with Crippen molar-refractivity contribution in [1.82, 2.24) is 5.32 Å². The lowest BCUT2D eigenvalue weighted by molar-refractivity contribution is 0.533. The summed E-state index contributed by atoms with van der Waals surface area (Å²) in [6.45, 7) is 4.39. The van der Waals surface area contributed by atoms with Gasteiger partial charge in [0.1, 0.15) is 6.07 Å². The van der Waals surface area contributed by atoms with Gasteiger partial charge >= 0.3 is 0 Å². The molecule has 17 heavy (non-hydrogen) atoms. The highest BCUT2D eigenvalue weighted by Crippen LogP contribution is 2.33. The normalized spacial score (nSPS) is 26.9. The maximum Gasteiger partial charge on any atom is 0.101 e. The third-order valence-corrected chi connectivity index (χ3v) is 4.30. The molecule has 2 heterocycles. The molecule has 1 aromatic carbocycles. The van der Waals surface area contributed by atoms with E-state index in [1.54, 1.807) is 0 Å². The topological polar surface area (TPSA) is 39.1 Å². The predicted molar refractivity (Wildman–Crippen MR) is 70.9 cm³/mol. The van der Waals surface area contributed by atoms with E-state index >= 15 is 0 Å². The summed E-state index contributed by atoms with van der Waals surface area (Å²) in [5.41, 5.74) is 1.86. The Bertz CT molecular complexity index is 468. The van der Waals surface area contributed by atoms with Gasteiger partial charge in [-0.2, -0.15) is 5.26 Å². The summed E-state index contributed by atoms with van der Waals surface area (Å²) in [5, 5.41) is 12.6. The third kappa shape index (κ3) is 1.94. The van der Waals surface area contributed by atoms with Gasteiger partial charge in [-0.25, -0.2) is 0 Å². The lowest BCUT2D eigenvalue weighted by Crippen LogP contribution is -2.26. The number of fused-ring (bicyclic) bond motifs is 1. The number of nitriles is 1. The Kier molecular flexibility index (Phi) is 2.81. The first-order valence-corrected chi connectivity index (χ1v) is 6.72. The van der Waals surface area contributed by atoms with Crippen LogP contribution in [0.5, 0.6) is 0 Å². The average molecular weight is 292 g/mol. The molecule has 0 unspecified atom stereocenters. The number of rotatable bonds is 1. The van der Waals surface area contributed by atoms with Crippen LogP contribution in [0.3, 0.4) is 0 Å². The second kappa shape index (κ2) is 4.32. The van der Waals surface area contributed by atoms with Crippen molar-refractivity contribution in [3.63, 3.8) is 0 Å². The summed E-state index contributed by atoms with van der Waals surface area (Å²) in [5.74, 6) is 1.50. The van der Waals surface area contributed by atoms with Gasteiger partial charge in [0.05, 0.1) is 11.3 Å². The van der Waals surface area contributed by atoms with E-state index in [2.05, 4.69) is 38.3 Å². The molecule has 2 atom stereocenters. The number of anilines is 1. The van der Waals surface area contributed by atoms with Crippen molar-refractivity contribution in [3.05, 3.63) is 28.2 Å². The molecule has 3 nitrogen and oxygen atoms in total. The van der Waals surface area contributed by atoms with Gasteiger partial charge in [-0.1, -0.05) is 15.9 Å². The van der Waals surface area contributed by atoms with Crippen LogP contribution in [0.1, 0.15) is 5.56 Å². The monoisotopic (exact) mass is 291 g/mol. The van der Waals surface area contributed by atoms with Crippen LogP contribution in [0.25, 0.3) is 0 Å². The maximum atomic E-state index is 9.17. The van der Waals surface area contributed by atoms with E-state index in [0.717, 1.165) is 53.7 Å². The second-order valence-corrected chi connectivity index (χ2v) is 5.77. The first-order valence-electron chi connectivity index (χ1n) is 5.93. The minimum absolute atomic E-state index is 0.750. The summed E-state index contributed by atoms with van der Waals surface area (Å²) in [6, 6.07) is 8.18. The van der Waals surface area contributed by atoms with Crippen molar-refractivity contribution in [2.24, 2.45) is 11.8 Å². The van der Waals surface area contributed by atoms with Crippen molar-refractivity contribution < 1.29 is 0 Å². The van der Waals surface area contributed by atoms with Crippen LogP contribution in [0.2, 0.25) is 0 Å². The number of benzene rings is 1. The van der Waals surface area contributed by atoms with Gasteiger partial charge in [0.15, 0.2) is 0 Å². The van der Waals surface area contributed by atoms with Crippen molar-refractivity contribution in [1.29, 1.82) is 5.26 Å². The van der Waals surface area contributed by atoms with Crippen LogP contribution >= 0.6 is 15.9 Å².